The van der Waals surface area contributed by atoms with Crippen molar-refractivity contribution < 1.29 is 4.74 Å². The molecule has 0 saturated heterocycles. The van der Waals surface area contributed by atoms with E-state index in [2.05, 4.69) is 36.1 Å². The summed E-state index contributed by atoms with van der Waals surface area (Å²) in [5, 5.41) is 3.26. The Morgan fingerprint density at radius 3 is 2.59 bits per heavy atom. The van der Waals surface area contributed by atoms with Gasteiger partial charge in [-0.1, -0.05) is 20.8 Å². The van der Waals surface area contributed by atoms with E-state index in [4.69, 9.17) is 4.74 Å². The molecule has 4 heteroatoms. The van der Waals surface area contributed by atoms with Gasteiger partial charge >= 0.3 is 6.01 Å². The molecule has 0 aliphatic heterocycles. The van der Waals surface area contributed by atoms with Crippen molar-refractivity contribution >= 4 is 0 Å². The first-order chi connectivity index (χ1) is 8.04. The van der Waals surface area contributed by atoms with Crippen molar-refractivity contribution in [2.75, 3.05) is 6.54 Å². The fraction of sp³-hybridized carbons (Fsp3) is 0.692. The van der Waals surface area contributed by atoms with Gasteiger partial charge in [0, 0.05) is 24.0 Å². The van der Waals surface area contributed by atoms with Crippen LogP contribution in [0.25, 0.3) is 0 Å². The van der Waals surface area contributed by atoms with E-state index in [0.29, 0.717) is 11.9 Å². The zero-order chi connectivity index (χ0) is 12.8. The largest absolute Gasteiger partial charge is 0.460 e. The second-order valence-corrected chi connectivity index (χ2v) is 4.61. The third-order valence-corrected chi connectivity index (χ3v) is 2.85. The minimum absolute atomic E-state index is 0.133. The summed E-state index contributed by atoms with van der Waals surface area (Å²) in [6, 6.07) is 0.476. The smallest absolute Gasteiger partial charge is 0.316 e. The molecule has 1 heterocycles. The molecule has 4 nitrogen and oxygen atoms in total. The van der Waals surface area contributed by atoms with Gasteiger partial charge in [0.2, 0.25) is 0 Å². The fourth-order valence-corrected chi connectivity index (χ4v) is 1.26. The molecule has 1 aromatic heterocycles. The van der Waals surface area contributed by atoms with Gasteiger partial charge in [-0.15, -0.1) is 0 Å². The Labute approximate surface area is 104 Å². The van der Waals surface area contributed by atoms with Crippen LogP contribution in [-0.4, -0.2) is 22.6 Å². The summed E-state index contributed by atoms with van der Waals surface area (Å²) in [5.41, 5.74) is 2.10. The summed E-state index contributed by atoms with van der Waals surface area (Å²) in [4.78, 5) is 8.62. The number of nitrogens with one attached hydrogen (secondary N) is 1. The highest BCUT2D eigenvalue weighted by molar-refractivity contribution is 5.17. The Hall–Kier alpha value is -1.16. The van der Waals surface area contributed by atoms with Gasteiger partial charge in [0.25, 0.3) is 0 Å². The van der Waals surface area contributed by atoms with Gasteiger partial charge in [0.15, 0.2) is 0 Å². The number of aromatic nitrogens is 2. The van der Waals surface area contributed by atoms with Gasteiger partial charge in [-0.05, 0) is 26.3 Å². The topological polar surface area (TPSA) is 47.0 Å². The fourth-order valence-electron chi connectivity index (χ4n) is 1.26. The van der Waals surface area contributed by atoms with E-state index in [-0.39, 0.29) is 6.10 Å². The van der Waals surface area contributed by atoms with Crippen molar-refractivity contribution in [1.29, 1.82) is 0 Å². The molecule has 17 heavy (non-hydrogen) atoms. The van der Waals surface area contributed by atoms with Gasteiger partial charge in [-0.2, -0.15) is 0 Å². The van der Waals surface area contributed by atoms with Crippen LogP contribution < -0.4 is 10.1 Å². The summed E-state index contributed by atoms with van der Waals surface area (Å²) in [6.45, 7) is 12.1. The molecule has 1 unspecified atom stereocenters. The van der Waals surface area contributed by atoms with E-state index in [1.165, 1.54) is 0 Å². The number of ether oxygens (including phenoxy) is 1. The Morgan fingerprint density at radius 2 is 2.06 bits per heavy atom. The summed E-state index contributed by atoms with van der Waals surface area (Å²) in [7, 11) is 0. The molecule has 0 bridgehead atoms. The SMILES string of the molecule is CCNCc1cnc(OC(C)C(C)C)nc1C. The van der Waals surface area contributed by atoms with Crippen LogP contribution in [0, 0.1) is 12.8 Å². The zero-order valence-electron chi connectivity index (χ0n) is 11.4. The predicted octanol–water partition coefficient (Wildman–Crippen LogP) is 2.32. The average Bonchev–Trinajstić information content (AvgIpc) is 2.28. The van der Waals surface area contributed by atoms with E-state index < -0.39 is 0 Å². The third-order valence-electron chi connectivity index (χ3n) is 2.85. The molecule has 0 aliphatic rings. The van der Waals surface area contributed by atoms with Crippen molar-refractivity contribution in [2.24, 2.45) is 5.92 Å². The third kappa shape index (κ3) is 4.30. The lowest BCUT2D eigenvalue weighted by Gasteiger charge is -2.17. The second-order valence-electron chi connectivity index (χ2n) is 4.61. The molecule has 0 aliphatic carbocycles. The van der Waals surface area contributed by atoms with Crippen LogP contribution in [0.15, 0.2) is 6.20 Å². The maximum absolute atomic E-state index is 5.67. The number of rotatable bonds is 6. The highest BCUT2D eigenvalue weighted by Gasteiger charge is 2.11. The lowest BCUT2D eigenvalue weighted by atomic mass is 10.1. The molecule has 1 atom stereocenters. The predicted molar refractivity (Wildman–Crippen MR) is 69.1 cm³/mol. The van der Waals surface area contributed by atoms with Crippen molar-refractivity contribution in [2.45, 2.75) is 47.3 Å². The number of aryl methyl sites for hydroxylation is 1. The van der Waals surface area contributed by atoms with Crippen LogP contribution in [0.2, 0.25) is 0 Å². The lowest BCUT2D eigenvalue weighted by molar-refractivity contribution is 0.155. The molecular formula is C13H23N3O. The summed E-state index contributed by atoms with van der Waals surface area (Å²) >= 11 is 0. The highest BCUT2D eigenvalue weighted by atomic mass is 16.5. The van der Waals surface area contributed by atoms with Gasteiger partial charge in [0.05, 0.1) is 0 Å². The van der Waals surface area contributed by atoms with E-state index in [1.807, 2.05) is 20.0 Å². The molecule has 0 saturated carbocycles. The van der Waals surface area contributed by atoms with Crippen LogP contribution in [0.4, 0.5) is 0 Å². The van der Waals surface area contributed by atoms with Crippen LogP contribution >= 0.6 is 0 Å². The van der Waals surface area contributed by atoms with E-state index in [1.54, 1.807) is 0 Å². The van der Waals surface area contributed by atoms with E-state index in [9.17, 15) is 0 Å². The van der Waals surface area contributed by atoms with Crippen molar-refractivity contribution in [3.63, 3.8) is 0 Å². The molecule has 1 rings (SSSR count). The van der Waals surface area contributed by atoms with Gasteiger partial charge in [-0.3, -0.25) is 0 Å². The molecule has 96 valence electrons. The van der Waals surface area contributed by atoms with Crippen LogP contribution in [0.5, 0.6) is 6.01 Å². The van der Waals surface area contributed by atoms with Crippen molar-refractivity contribution in [3.05, 3.63) is 17.5 Å². The molecular weight excluding hydrogens is 214 g/mol. The monoisotopic (exact) mass is 237 g/mol. The van der Waals surface area contributed by atoms with Crippen LogP contribution in [-0.2, 0) is 6.54 Å². The maximum Gasteiger partial charge on any atom is 0.316 e. The summed E-state index contributed by atoms with van der Waals surface area (Å²) < 4.78 is 5.67. The van der Waals surface area contributed by atoms with Gasteiger partial charge in [0.1, 0.15) is 6.10 Å². The lowest BCUT2D eigenvalue weighted by Crippen LogP contribution is -2.20. The van der Waals surface area contributed by atoms with Gasteiger partial charge < -0.3 is 10.1 Å². The van der Waals surface area contributed by atoms with Crippen LogP contribution in [0.1, 0.15) is 39.0 Å². The molecule has 0 aromatic carbocycles. The minimum atomic E-state index is 0.133. The Bertz CT molecular complexity index is 353. The zero-order valence-corrected chi connectivity index (χ0v) is 11.4. The van der Waals surface area contributed by atoms with Crippen molar-refractivity contribution in [1.82, 2.24) is 15.3 Å². The van der Waals surface area contributed by atoms with Crippen LogP contribution in [0.3, 0.4) is 0 Å². The Morgan fingerprint density at radius 1 is 1.35 bits per heavy atom. The minimum Gasteiger partial charge on any atom is -0.460 e. The average molecular weight is 237 g/mol. The summed E-state index contributed by atoms with van der Waals surface area (Å²) in [6.07, 6.45) is 1.97. The normalized spacial score (nSPS) is 12.8. The standard InChI is InChI=1S/C13H23N3O/c1-6-14-7-12-8-15-13(16-10(12)4)17-11(5)9(2)3/h8-9,11,14H,6-7H2,1-5H3. The highest BCUT2D eigenvalue weighted by Crippen LogP contribution is 2.13. The maximum atomic E-state index is 5.67. The number of hydrogen-bond acceptors (Lipinski definition) is 4. The molecule has 0 spiro atoms. The quantitative estimate of drug-likeness (QED) is 0.825. The second kappa shape index (κ2) is 6.55. The molecule has 1 N–H and O–H groups in total. The number of nitrogens with zero attached hydrogens (tertiary/aromatic N) is 2. The molecule has 0 fully saturated rings. The van der Waals surface area contributed by atoms with E-state index in [0.717, 1.165) is 24.3 Å². The first-order valence-corrected chi connectivity index (χ1v) is 6.24. The molecule has 0 radical (unpaired) electrons. The molecule has 1 aromatic rings. The van der Waals surface area contributed by atoms with E-state index >= 15 is 0 Å². The van der Waals surface area contributed by atoms with Gasteiger partial charge in [-0.25, -0.2) is 9.97 Å². The first kappa shape index (κ1) is 13.9. The summed E-state index contributed by atoms with van der Waals surface area (Å²) in [5.74, 6) is 0.459. The first-order valence-electron chi connectivity index (χ1n) is 6.24. The van der Waals surface area contributed by atoms with Crippen molar-refractivity contribution in [3.8, 4) is 6.01 Å². The Balaban J connectivity index is 2.68. The number of hydrogen-bond donors (Lipinski definition) is 1. The molecule has 0 amide bonds. The Kier molecular flexibility index (Phi) is 5.35.